The van der Waals surface area contributed by atoms with E-state index >= 15 is 0 Å². The highest BCUT2D eigenvalue weighted by atomic mass is 35.5. The molecule has 0 unspecified atom stereocenters. The van der Waals surface area contributed by atoms with Gasteiger partial charge in [-0.05, 0) is 43.7 Å². The van der Waals surface area contributed by atoms with Gasteiger partial charge in [-0.2, -0.15) is 0 Å². The second-order valence-electron chi connectivity index (χ2n) is 7.60. The number of hydrogen-bond acceptors (Lipinski definition) is 2. The smallest absolute Gasteiger partial charge is 0.237 e. The molecule has 0 saturated heterocycles. The van der Waals surface area contributed by atoms with Gasteiger partial charge in [0.25, 0.3) is 0 Å². The molecule has 0 aromatic heterocycles. The summed E-state index contributed by atoms with van der Waals surface area (Å²) < 4.78 is 46.7. The lowest BCUT2D eigenvalue weighted by Crippen LogP contribution is -2.35. The number of carbonyl (C=O) groups excluding carboxylic acids is 1. The molecule has 0 N–H and O–H groups in total. The van der Waals surface area contributed by atoms with Gasteiger partial charge in [-0.1, -0.05) is 23.7 Å². The number of halogens is 4. The summed E-state index contributed by atoms with van der Waals surface area (Å²) in [6.45, 7) is 3.54. The number of fused-ring (bicyclic) bond motifs is 1. The Bertz CT molecular complexity index is 1140. The van der Waals surface area contributed by atoms with Crippen molar-refractivity contribution in [3.05, 3.63) is 88.2 Å². The van der Waals surface area contributed by atoms with E-state index in [1.165, 1.54) is 17.0 Å². The fraction of sp³-hybridized carbons (Fsp3) is 0.174. The Kier molecular flexibility index (Phi) is 4.98. The van der Waals surface area contributed by atoms with Crippen LogP contribution in [0.2, 0.25) is 5.02 Å². The first-order valence-electron chi connectivity index (χ1n) is 9.20. The van der Waals surface area contributed by atoms with Crippen molar-refractivity contribution in [1.82, 2.24) is 0 Å². The van der Waals surface area contributed by atoms with Crippen LogP contribution in [0.3, 0.4) is 0 Å². The zero-order valence-corrected chi connectivity index (χ0v) is 16.9. The van der Waals surface area contributed by atoms with Crippen molar-refractivity contribution < 1.29 is 22.7 Å². The van der Waals surface area contributed by atoms with Gasteiger partial charge in [-0.25, -0.2) is 13.2 Å². The molecule has 0 radical (unpaired) electrons. The number of amides is 1. The van der Waals surface area contributed by atoms with Crippen molar-refractivity contribution >= 4 is 23.2 Å². The van der Waals surface area contributed by atoms with Crippen LogP contribution in [0.1, 0.15) is 25.0 Å². The second kappa shape index (κ2) is 7.36. The molecule has 0 spiro atoms. The predicted molar refractivity (Wildman–Crippen MR) is 109 cm³/mol. The zero-order valence-electron chi connectivity index (χ0n) is 16.2. The van der Waals surface area contributed by atoms with Crippen LogP contribution in [0.25, 0.3) is 0 Å². The van der Waals surface area contributed by atoms with Gasteiger partial charge in [0.05, 0.1) is 17.6 Å². The predicted octanol–water partition coefficient (Wildman–Crippen LogP) is 6.37. The molecule has 1 heterocycles. The normalized spacial score (nSPS) is 14.7. The molecule has 3 aromatic rings. The summed E-state index contributed by atoms with van der Waals surface area (Å²) in [6.07, 6.45) is 0. The van der Waals surface area contributed by atoms with Crippen LogP contribution in [-0.4, -0.2) is 5.91 Å². The van der Waals surface area contributed by atoms with E-state index < -0.39 is 22.9 Å². The van der Waals surface area contributed by atoms with Crippen molar-refractivity contribution in [3.8, 4) is 11.5 Å². The molecule has 1 aliphatic heterocycles. The molecule has 0 atom stereocenters. The maximum Gasteiger partial charge on any atom is 0.237 e. The Morgan fingerprint density at radius 1 is 0.967 bits per heavy atom. The number of nitrogens with zero attached hydrogens (tertiary/aromatic N) is 1. The molecule has 1 amide bonds. The number of rotatable bonds is 4. The van der Waals surface area contributed by atoms with E-state index in [0.717, 1.165) is 18.2 Å². The maximum atomic E-state index is 13.9. The first-order chi connectivity index (χ1) is 14.2. The summed E-state index contributed by atoms with van der Waals surface area (Å²) in [5, 5.41) is 0.305. The van der Waals surface area contributed by atoms with Crippen molar-refractivity contribution in [1.29, 1.82) is 0 Å². The van der Waals surface area contributed by atoms with Crippen LogP contribution < -0.4 is 9.64 Å². The molecule has 0 aliphatic carbocycles. The van der Waals surface area contributed by atoms with Crippen LogP contribution in [0.5, 0.6) is 11.5 Å². The molecule has 1 aliphatic rings. The van der Waals surface area contributed by atoms with E-state index in [-0.39, 0.29) is 24.0 Å². The monoisotopic (exact) mass is 431 g/mol. The number of benzene rings is 3. The van der Waals surface area contributed by atoms with E-state index in [1.54, 1.807) is 38.1 Å². The Morgan fingerprint density at radius 3 is 2.37 bits per heavy atom. The summed E-state index contributed by atoms with van der Waals surface area (Å²) in [5.41, 5.74) is 0.755. The summed E-state index contributed by atoms with van der Waals surface area (Å²) in [6, 6.07) is 11.9. The highest BCUT2D eigenvalue weighted by Gasteiger charge is 2.44. The highest BCUT2D eigenvalue weighted by Crippen LogP contribution is 2.44. The van der Waals surface area contributed by atoms with Crippen molar-refractivity contribution in [2.75, 3.05) is 4.90 Å². The van der Waals surface area contributed by atoms with E-state index in [0.29, 0.717) is 21.8 Å². The van der Waals surface area contributed by atoms with E-state index in [9.17, 15) is 18.0 Å². The van der Waals surface area contributed by atoms with Gasteiger partial charge in [0.2, 0.25) is 5.91 Å². The van der Waals surface area contributed by atoms with E-state index in [4.69, 9.17) is 16.3 Å². The lowest BCUT2D eigenvalue weighted by Gasteiger charge is -2.22. The second-order valence-corrected chi connectivity index (χ2v) is 8.01. The molecule has 3 aromatic carbocycles. The average molecular weight is 432 g/mol. The number of ether oxygens (including phenoxy) is 1. The zero-order chi connectivity index (χ0) is 21.6. The molecular weight excluding hydrogens is 415 g/mol. The van der Waals surface area contributed by atoms with Gasteiger partial charge in [-0.15, -0.1) is 0 Å². The van der Waals surface area contributed by atoms with Crippen molar-refractivity contribution in [2.45, 2.75) is 25.8 Å². The standard InChI is InChI=1S/C23H17ClF3NO2/c1-23(2)18-7-6-13(25)11-20(18)28(22(23)29)12-17-19(24)4-3-5-21(17)30-16-9-14(26)8-15(27)10-16/h3-11H,12H2,1-2H3. The molecule has 0 saturated carbocycles. The van der Waals surface area contributed by atoms with Crippen LogP contribution in [0.4, 0.5) is 18.9 Å². The third-order valence-electron chi connectivity index (χ3n) is 5.16. The number of anilines is 1. The molecule has 4 rings (SSSR count). The lowest BCUT2D eigenvalue weighted by atomic mass is 9.86. The Balaban J connectivity index is 1.74. The third kappa shape index (κ3) is 3.52. The van der Waals surface area contributed by atoms with Crippen molar-refractivity contribution in [3.63, 3.8) is 0 Å². The fourth-order valence-electron chi connectivity index (χ4n) is 3.64. The van der Waals surface area contributed by atoms with Crippen LogP contribution in [0, 0.1) is 17.5 Å². The quantitative estimate of drug-likeness (QED) is 0.480. The largest absolute Gasteiger partial charge is 0.457 e. The number of carbonyl (C=O) groups is 1. The first-order valence-corrected chi connectivity index (χ1v) is 9.58. The minimum Gasteiger partial charge on any atom is -0.457 e. The Hall–Kier alpha value is -2.99. The Labute approximate surface area is 176 Å². The fourth-order valence-corrected chi connectivity index (χ4v) is 3.86. The first kappa shape index (κ1) is 20.3. The van der Waals surface area contributed by atoms with Gasteiger partial charge >= 0.3 is 0 Å². The van der Waals surface area contributed by atoms with Gasteiger partial charge in [0, 0.05) is 28.8 Å². The summed E-state index contributed by atoms with van der Waals surface area (Å²) in [7, 11) is 0. The number of hydrogen-bond donors (Lipinski definition) is 0. The summed E-state index contributed by atoms with van der Waals surface area (Å²) >= 11 is 6.37. The Morgan fingerprint density at radius 2 is 1.67 bits per heavy atom. The SMILES string of the molecule is CC1(C)C(=O)N(Cc2c(Cl)cccc2Oc2cc(F)cc(F)c2)c2cc(F)ccc21. The molecule has 0 bridgehead atoms. The van der Waals surface area contributed by atoms with Gasteiger partial charge in [0.15, 0.2) is 0 Å². The third-order valence-corrected chi connectivity index (χ3v) is 5.51. The van der Waals surface area contributed by atoms with E-state index in [1.807, 2.05) is 0 Å². The highest BCUT2D eigenvalue weighted by molar-refractivity contribution is 6.31. The van der Waals surface area contributed by atoms with Crippen LogP contribution in [0.15, 0.2) is 54.6 Å². The van der Waals surface area contributed by atoms with Crippen LogP contribution in [-0.2, 0) is 16.8 Å². The van der Waals surface area contributed by atoms with E-state index in [2.05, 4.69) is 0 Å². The van der Waals surface area contributed by atoms with Gasteiger partial charge in [0.1, 0.15) is 29.0 Å². The average Bonchev–Trinajstić information content (AvgIpc) is 2.83. The molecule has 3 nitrogen and oxygen atoms in total. The topological polar surface area (TPSA) is 29.5 Å². The van der Waals surface area contributed by atoms with Crippen LogP contribution >= 0.6 is 11.6 Å². The van der Waals surface area contributed by atoms with Gasteiger partial charge in [-0.3, -0.25) is 4.79 Å². The summed E-state index contributed by atoms with van der Waals surface area (Å²) in [4.78, 5) is 14.5. The maximum absolute atomic E-state index is 13.9. The molecule has 154 valence electrons. The molecular formula is C23H17ClF3NO2. The molecule has 7 heteroatoms. The minimum atomic E-state index is -0.836. The van der Waals surface area contributed by atoms with Gasteiger partial charge < -0.3 is 9.64 Å². The molecule has 30 heavy (non-hydrogen) atoms. The van der Waals surface area contributed by atoms with Crippen molar-refractivity contribution in [2.24, 2.45) is 0 Å². The minimum absolute atomic E-state index is 0.00548. The summed E-state index contributed by atoms with van der Waals surface area (Å²) in [5.74, 6) is -2.05. The lowest BCUT2D eigenvalue weighted by molar-refractivity contribution is -0.122. The molecule has 0 fully saturated rings.